The molecule has 1 unspecified atom stereocenters. The molecule has 0 spiro atoms. The van der Waals surface area contributed by atoms with Gasteiger partial charge in [-0.05, 0) is 31.4 Å². The van der Waals surface area contributed by atoms with Crippen LogP contribution in [0.4, 0.5) is 0 Å². The SMILES string of the molecule is CCCCC(C=CC=O)OC(=O)CCC. The lowest BCUT2D eigenvalue weighted by atomic mass is 10.1. The maximum absolute atomic E-state index is 11.2. The Morgan fingerprint density at radius 1 is 1.33 bits per heavy atom. The third-order valence-corrected chi connectivity index (χ3v) is 1.98. The third kappa shape index (κ3) is 7.91. The van der Waals surface area contributed by atoms with Crippen molar-refractivity contribution in [3.8, 4) is 0 Å². The Labute approximate surface area is 91.5 Å². The Bertz CT molecular complexity index is 209. The van der Waals surface area contributed by atoms with E-state index in [0.717, 1.165) is 25.7 Å². The molecule has 0 saturated carbocycles. The molecule has 3 nitrogen and oxygen atoms in total. The Kier molecular flexibility index (Phi) is 8.73. The summed E-state index contributed by atoms with van der Waals surface area (Å²) in [4.78, 5) is 21.4. The predicted molar refractivity (Wildman–Crippen MR) is 59.5 cm³/mol. The number of esters is 1. The molecule has 15 heavy (non-hydrogen) atoms. The zero-order valence-corrected chi connectivity index (χ0v) is 9.57. The summed E-state index contributed by atoms with van der Waals surface area (Å²) in [5.41, 5.74) is 0. The van der Waals surface area contributed by atoms with Gasteiger partial charge in [-0.2, -0.15) is 0 Å². The molecule has 0 radical (unpaired) electrons. The van der Waals surface area contributed by atoms with Crippen molar-refractivity contribution in [1.82, 2.24) is 0 Å². The molecule has 0 aliphatic carbocycles. The molecule has 0 rings (SSSR count). The Hall–Kier alpha value is -1.12. The predicted octanol–water partition coefficient (Wildman–Crippen LogP) is 2.64. The number of carbonyl (C=O) groups excluding carboxylic acids is 2. The van der Waals surface area contributed by atoms with Crippen LogP contribution >= 0.6 is 0 Å². The topological polar surface area (TPSA) is 43.4 Å². The van der Waals surface area contributed by atoms with Gasteiger partial charge in [0.05, 0.1) is 0 Å². The molecule has 0 bridgehead atoms. The normalized spacial score (nSPS) is 12.7. The first-order chi connectivity index (χ1) is 7.24. The van der Waals surface area contributed by atoms with Gasteiger partial charge >= 0.3 is 5.97 Å². The van der Waals surface area contributed by atoms with Gasteiger partial charge in [-0.3, -0.25) is 9.59 Å². The van der Waals surface area contributed by atoms with E-state index in [1.165, 1.54) is 6.08 Å². The molecule has 0 fully saturated rings. The third-order valence-electron chi connectivity index (χ3n) is 1.98. The van der Waals surface area contributed by atoms with Gasteiger partial charge in [0.2, 0.25) is 0 Å². The molecular formula is C12H20O3. The summed E-state index contributed by atoms with van der Waals surface area (Å²) in [5.74, 6) is -0.186. The summed E-state index contributed by atoms with van der Waals surface area (Å²) in [5, 5.41) is 0. The first-order valence-electron chi connectivity index (χ1n) is 5.56. The molecule has 0 aliphatic heterocycles. The van der Waals surface area contributed by atoms with E-state index in [1.54, 1.807) is 6.08 Å². The van der Waals surface area contributed by atoms with Gasteiger partial charge in [0, 0.05) is 6.42 Å². The lowest BCUT2D eigenvalue weighted by molar-refractivity contribution is -0.147. The van der Waals surface area contributed by atoms with Crippen molar-refractivity contribution in [1.29, 1.82) is 0 Å². The van der Waals surface area contributed by atoms with Crippen LogP contribution in [-0.4, -0.2) is 18.4 Å². The van der Waals surface area contributed by atoms with E-state index < -0.39 is 0 Å². The molecule has 3 heteroatoms. The van der Waals surface area contributed by atoms with Gasteiger partial charge in [-0.15, -0.1) is 0 Å². The van der Waals surface area contributed by atoms with Crippen LogP contribution in [0, 0.1) is 0 Å². The highest BCUT2D eigenvalue weighted by Crippen LogP contribution is 2.08. The second-order valence-electron chi connectivity index (χ2n) is 3.44. The molecule has 0 saturated heterocycles. The summed E-state index contributed by atoms with van der Waals surface area (Å²) in [6.07, 6.45) is 7.56. The first kappa shape index (κ1) is 13.9. The molecule has 0 amide bonds. The second kappa shape index (κ2) is 9.44. The van der Waals surface area contributed by atoms with Crippen molar-refractivity contribution >= 4 is 12.3 Å². The van der Waals surface area contributed by atoms with Crippen molar-refractivity contribution in [2.45, 2.75) is 52.1 Å². The standard InChI is InChI=1S/C12H20O3/c1-3-5-8-11(9-6-10-13)15-12(14)7-4-2/h6,9-11H,3-5,7-8H2,1-2H3. The highest BCUT2D eigenvalue weighted by Gasteiger charge is 2.09. The Morgan fingerprint density at radius 3 is 2.60 bits per heavy atom. The number of hydrogen-bond donors (Lipinski definition) is 0. The molecular weight excluding hydrogens is 192 g/mol. The number of aldehydes is 1. The van der Waals surface area contributed by atoms with Gasteiger partial charge in [-0.25, -0.2) is 0 Å². The minimum absolute atomic E-state index is 0.186. The van der Waals surface area contributed by atoms with Crippen LogP contribution in [-0.2, 0) is 14.3 Å². The van der Waals surface area contributed by atoms with Crippen molar-refractivity contribution < 1.29 is 14.3 Å². The van der Waals surface area contributed by atoms with Gasteiger partial charge in [-0.1, -0.05) is 20.3 Å². The van der Waals surface area contributed by atoms with Crippen LogP contribution in [0.1, 0.15) is 46.0 Å². The molecule has 0 N–H and O–H groups in total. The minimum atomic E-state index is -0.241. The first-order valence-corrected chi connectivity index (χ1v) is 5.56. The maximum atomic E-state index is 11.2. The Balaban J connectivity index is 4.04. The smallest absolute Gasteiger partial charge is 0.306 e. The monoisotopic (exact) mass is 212 g/mol. The van der Waals surface area contributed by atoms with Crippen LogP contribution in [0.5, 0.6) is 0 Å². The zero-order chi connectivity index (χ0) is 11.5. The van der Waals surface area contributed by atoms with E-state index in [2.05, 4.69) is 6.92 Å². The van der Waals surface area contributed by atoms with Crippen LogP contribution in [0.25, 0.3) is 0 Å². The summed E-state index contributed by atoms with van der Waals surface area (Å²) < 4.78 is 5.21. The van der Waals surface area contributed by atoms with E-state index >= 15 is 0 Å². The van der Waals surface area contributed by atoms with Gasteiger partial charge in [0.15, 0.2) is 0 Å². The lowest BCUT2D eigenvalue weighted by Gasteiger charge is -2.13. The number of rotatable bonds is 8. The molecule has 0 aromatic carbocycles. The minimum Gasteiger partial charge on any atom is -0.458 e. The summed E-state index contributed by atoms with van der Waals surface area (Å²) in [6, 6.07) is 0. The van der Waals surface area contributed by atoms with Gasteiger partial charge < -0.3 is 4.74 Å². The average Bonchev–Trinajstić information content (AvgIpc) is 2.22. The quantitative estimate of drug-likeness (QED) is 0.353. The van der Waals surface area contributed by atoms with Crippen molar-refractivity contribution in [3.63, 3.8) is 0 Å². The lowest BCUT2D eigenvalue weighted by Crippen LogP contribution is -2.15. The molecule has 0 aromatic heterocycles. The van der Waals surface area contributed by atoms with Crippen molar-refractivity contribution in [2.75, 3.05) is 0 Å². The fourth-order valence-electron chi connectivity index (χ4n) is 1.20. The molecule has 0 aromatic rings. The van der Waals surface area contributed by atoms with Crippen molar-refractivity contribution in [3.05, 3.63) is 12.2 Å². The van der Waals surface area contributed by atoms with Gasteiger partial charge in [0.25, 0.3) is 0 Å². The van der Waals surface area contributed by atoms with E-state index in [1.807, 2.05) is 6.92 Å². The number of hydrogen-bond acceptors (Lipinski definition) is 3. The maximum Gasteiger partial charge on any atom is 0.306 e. The summed E-state index contributed by atoms with van der Waals surface area (Å²) in [6.45, 7) is 4.01. The number of ether oxygens (including phenoxy) is 1. The molecule has 1 atom stereocenters. The zero-order valence-electron chi connectivity index (χ0n) is 9.57. The number of carbonyl (C=O) groups is 2. The van der Waals surface area contributed by atoms with E-state index in [9.17, 15) is 9.59 Å². The summed E-state index contributed by atoms with van der Waals surface area (Å²) >= 11 is 0. The van der Waals surface area contributed by atoms with E-state index in [4.69, 9.17) is 4.74 Å². The second-order valence-corrected chi connectivity index (χ2v) is 3.44. The average molecular weight is 212 g/mol. The highest BCUT2D eigenvalue weighted by molar-refractivity contribution is 5.70. The fraction of sp³-hybridized carbons (Fsp3) is 0.667. The highest BCUT2D eigenvalue weighted by atomic mass is 16.5. The van der Waals surface area contributed by atoms with Crippen LogP contribution in [0.2, 0.25) is 0 Å². The fourth-order valence-corrected chi connectivity index (χ4v) is 1.20. The van der Waals surface area contributed by atoms with Crippen LogP contribution in [0.3, 0.4) is 0 Å². The van der Waals surface area contributed by atoms with Crippen molar-refractivity contribution in [2.24, 2.45) is 0 Å². The molecule has 86 valence electrons. The van der Waals surface area contributed by atoms with Gasteiger partial charge in [0.1, 0.15) is 12.4 Å². The largest absolute Gasteiger partial charge is 0.458 e. The molecule has 0 aliphatic rings. The van der Waals surface area contributed by atoms with E-state index in [-0.39, 0.29) is 12.1 Å². The summed E-state index contributed by atoms with van der Waals surface area (Å²) in [7, 11) is 0. The van der Waals surface area contributed by atoms with Crippen LogP contribution < -0.4 is 0 Å². The van der Waals surface area contributed by atoms with E-state index in [0.29, 0.717) is 12.7 Å². The number of allylic oxidation sites excluding steroid dienone is 1. The number of unbranched alkanes of at least 4 members (excludes halogenated alkanes) is 1. The Morgan fingerprint density at radius 2 is 2.07 bits per heavy atom. The van der Waals surface area contributed by atoms with Crippen LogP contribution in [0.15, 0.2) is 12.2 Å². The molecule has 0 heterocycles.